The molecule has 0 amide bonds. The molecule has 0 aromatic carbocycles. The molecule has 0 bridgehead atoms. The third kappa shape index (κ3) is 1.34. The van der Waals surface area contributed by atoms with E-state index in [9.17, 15) is 0 Å². The Kier molecular flexibility index (Phi) is 2.31. The molecule has 2 aliphatic rings. The fraction of sp³-hybridized carbons (Fsp3) is 0.636. The maximum atomic E-state index is 3.42. The Balaban J connectivity index is 2.11. The van der Waals surface area contributed by atoms with E-state index in [2.05, 4.69) is 36.7 Å². The fourth-order valence-electron chi connectivity index (χ4n) is 2.49. The molecule has 3 unspecified atom stereocenters. The monoisotopic (exact) mass is 163 g/mol. The van der Waals surface area contributed by atoms with E-state index < -0.39 is 0 Å². The average Bonchev–Trinajstić information content (AvgIpc) is 2.17. The van der Waals surface area contributed by atoms with Gasteiger partial charge in [0.2, 0.25) is 0 Å². The number of allylic oxidation sites excluding steroid dienone is 3. The van der Waals surface area contributed by atoms with Crippen LogP contribution in [0.15, 0.2) is 24.3 Å². The summed E-state index contributed by atoms with van der Waals surface area (Å²) >= 11 is 0. The first kappa shape index (κ1) is 8.06. The zero-order valence-electron chi connectivity index (χ0n) is 7.66. The van der Waals surface area contributed by atoms with Crippen molar-refractivity contribution in [2.24, 2.45) is 11.8 Å². The SMILES string of the molecule is CNC1CCCC2C=CC=CC21. The van der Waals surface area contributed by atoms with Gasteiger partial charge in [-0.3, -0.25) is 0 Å². The highest BCUT2D eigenvalue weighted by molar-refractivity contribution is 5.17. The minimum atomic E-state index is 0.713. The smallest absolute Gasteiger partial charge is 0.0133 e. The Morgan fingerprint density at radius 2 is 2.00 bits per heavy atom. The molecule has 0 heterocycles. The Morgan fingerprint density at radius 3 is 2.83 bits per heavy atom. The molecule has 0 aromatic heterocycles. The summed E-state index contributed by atoms with van der Waals surface area (Å²) in [4.78, 5) is 0. The molecule has 0 saturated heterocycles. The molecule has 0 spiro atoms. The van der Waals surface area contributed by atoms with Crippen molar-refractivity contribution in [3.63, 3.8) is 0 Å². The van der Waals surface area contributed by atoms with Crippen LogP contribution in [-0.4, -0.2) is 13.1 Å². The van der Waals surface area contributed by atoms with Crippen molar-refractivity contribution in [1.82, 2.24) is 5.32 Å². The largest absolute Gasteiger partial charge is 0.316 e. The second-order valence-electron chi connectivity index (χ2n) is 3.84. The summed E-state index contributed by atoms with van der Waals surface area (Å²) in [5.41, 5.74) is 0. The van der Waals surface area contributed by atoms with Crippen LogP contribution < -0.4 is 5.32 Å². The predicted octanol–water partition coefficient (Wildman–Crippen LogP) is 2.12. The van der Waals surface area contributed by atoms with E-state index >= 15 is 0 Å². The van der Waals surface area contributed by atoms with Crippen molar-refractivity contribution in [3.8, 4) is 0 Å². The van der Waals surface area contributed by atoms with Crippen molar-refractivity contribution >= 4 is 0 Å². The van der Waals surface area contributed by atoms with E-state index in [-0.39, 0.29) is 0 Å². The molecule has 3 atom stereocenters. The van der Waals surface area contributed by atoms with Crippen LogP contribution in [0.4, 0.5) is 0 Å². The molecule has 1 saturated carbocycles. The van der Waals surface area contributed by atoms with Crippen LogP contribution >= 0.6 is 0 Å². The lowest BCUT2D eigenvalue weighted by molar-refractivity contribution is 0.262. The van der Waals surface area contributed by atoms with Crippen LogP contribution in [0.25, 0.3) is 0 Å². The number of nitrogens with one attached hydrogen (secondary N) is 1. The Labute approximate surface area is 74.5 Å². The molecule has 12 heavy (non-hydrogen) atoms. The zero-order valence-corrected chi connectivity index (χ0v) is 7.66. The summed E-state index contributed by atoms with van der Waals surface area (Å²) in [7, 11) is 2.08. The van der Waals surface area contributed by atoms with Crippen LogP contribution in [0, 0.1) is 11.8 Å². The predicted molar refractivity (Wildman–Crippen MR) is 52.0 cm³/mol. The number of hydrogen-bond acceptors (Lipinski definition) is 1. The average molecular weight is 163 g/mol. The highest BCUT2D eigenvalue weighted by Gasteiger charge is 2.29. The van der Waals surface area contributed by atoms with Gasteiger partial charge in [-0.1, -0.05) is 30.7 Å². The minimum Gasteiger partial charge on any atom is -0.316 e. The van der Waals surface area contributed by atoms with Crippen LogP contribution in [0.5, 0.6) is 0 Å². The van der Waals surface area contributed by atoms with Crippen LogP contribution in [0.3, 0.4) is 0 Å². The molecule has 0 aliphatic heterocycles. The lowest BCUT2D eigenvalue weighted by atomic mass is 9.74. The fourth-order valence-corrected chi connectivity index (χ4v) is 2.49. The van der Waals surface area contributed by atoms with Gasteiger partial charge in [0.1, 0.15) is 0 Å². The number of hydrogen-bond donors (Lipinski definition) is 1. The van der Waals surface area contributed by atoms with Gasteiger partial charge < -0.3 is 5.32 Å². The Hall–Kier alpha value is -0.560. The van der Waals surface area contributed by atoms with Crippen LogP contribution in [0.1, 0.15) is 19.3 Å². The summed E-state index contributed by atoms with van der Waals surface area (Å²) in [5, 5.41) is 3.42. The summed E-state index contributed by atoms with van der Waals surface area (Å²) < 4.78 is 0. The van der Waals surface area contributed by atoms with E-state index in [1.54, 1.807) is 0 Å². The third-order valence-electron chi connectivity index (χ3n) is 3.19. The summed E-state index contributed by atoms with van der Waals surface area (Å²) in [6.07, 6.45) is 13.2. The van der Waals surface area contributed by atoms with E-state index in [1.807, 2.05) is 0 Å². The topological polar surface area (TPSA) is 12.0 Å². The molecular weight excluding hydrogens is 146 g/mol. The summed E-state index contributed by atoms with van der Waals surface area (Å²) in [5.74, 6) is 1.56. The van der Waals surface area contributed by atoms with Crippen molar-refractivity contribution < 1.29 is 0 Å². The van der Waals surface area contributed by atoms with E-state index in [4.69, 9.17) is 0 Å². The van der Waals surface area contributed by atoms with Gasteiger partial charge in [0, 0.05) is 6.04 Å². The van der Waals surface area contributed by atoms with Crippen molar-refractivity contribution in [2.45, 2.75) is 25.3 Å². The van der Waals surface area contributed by atoms with Gasteiger partial charge in [-0.25, -0.2) is 0 Å². The second-order valence-corrected chi connectivity index (χ2v) is 3.84. The van der Waals surface area contributed by atoms with Gasteiger partial charge in [-0.2, -0.15) is 0 Å². The molecule has 2 rings (SSSR count). The lowest BCUT2D eigenvalue weighted by Crippen LogP contribution is -2.39. The maximum absolute atomic E-state index is 3.42. The standard InChI is InChI=1S/C11H17N/c1-12-11-8-4-6-9-5-2-3-7-10(9)11/h2-3,5,7,9-12H,4,6,8H2,1H3. The first-order valence-electron chi connectivity index (χ1n) is 4.94. The van der Waals surface area contributed by atoms with Crippen molar-refractivity contribution in [2.75, 3.05) is 7.05 Å². The summed E-state index contributed by atoms with van der Waals surface area (Å²) in [6.45, 7) is 0. The molecule has 66 valence electrons. The Bertz CT molecular complexity index is 205. The molecule has 0 radical (unpaired) electrons. The van der Waals surface area contributed by atoms with Gasteiger partial charge in [0.15, 0.2) is 0 Å². The van der Waals surface area contributed by atoms with Crippen LogP contribution in [-0.2, 0) is 0 Å². The normalized spacial score (nSPS) is 39.6. The lowest BCUT2D eigenvalue weighted by Gasteiger charge is -2.36. The molecule has 1 nitrogen and oxygen atoms in total. The first-order valence-corrected chi connectivity index (χ1v) is 4.94. The molecule has 1 N–H and O–H groups in total. The second kappa shape index (κ2) is 3.44. The van der Waals surface area contributed by atoms with Gasteiger partial charge in [0.05, 0.1) is 0 Å². The first-order chi connectivity index (χ1) is 5.92. The van der Waals surface area contributed by atoms with E-state index in [0.717, 1.165) is 11.8 Å². The van der Waals surface area contributed by atoms with Gasteiger partial charge >= 0.3 is 0 Å². The molecule has 2 aliphatic carbocycles. The quantitative estimate of drug-likeness (QED) is 0.624. The number of fused-ring (bicyclic) bond motifs is 1. The van der Waals surface area contributed by atoms with E-state index in [0.29, 0.717) is 6.04 Å². The summed E-state index contributed by atoms with van der Waals surface area (Å²) in [6, 6.07) is 0.713. The highest BCUT2D eigenvalue weighted by atomic mass is 14.9. The Morgan fingerprint density at radius 1 is 1.17 bits per heavy atom. The van der Waals surface area contributed by atoms with Crippen molar-refractivity contribution in [3.05, 3.63) is 24.3 Å². The van der Waals surface area contributed by atoms with Gasteiger partial charge in [0.25, 0.3) is 0 Å². The van der Waals surface area contributed by atoms with Crippen molar-refractivity contribution in [1.29, 1.82) is 0 Å². The minimum absolute atomic E-state index is 0.713. The zero-order chi connectivity index (χ0) is 8.39. The number of rotatable bonds is 1. The molecular formula is C11H17N. The van der Waals surface area contributed by atoms with Gasteiger partial charge in [-0.05, 0) is 31.7 Å². The third-order valence-corrected chi connectivity index (χ3v) is 3.19. The van der Waals surface area contributed by atoms with Gasteiger partial charge in [-0.15, -0.1) is 0 Å². The van der Waals surface area contributed by atoms with E-state index in [1.165, 1.54) is 19.3 Å². The molecule has 0 aromatic rings. The van der Waals surface area contributed by atoms with Crippen LogP contribution in [0.2, 0.25) is 0 Å². The maximum Gasteiger partial charge on any atom is 0.0133 e. The molecule has 1 heteroatoms. The highest BCUT2D eigenvalue weighted by Crippen LogP contribution is 2.33. The molecule has 1 fully saturated rings.